The molecule has 0 aliphatic rings. The Labute approximate surface area is 128 Å². The van der Waals surface area contributed by atoms with Crippen molar-refractivity contribution in [2.24, 2.45) is 7.05 Å². The third-order valence-corrected chi connectivity index (χ3v) is 2.60. The first-order chi connectivity index (χ1) is 10.2. The molecule has 0 N–H and O–H groups in total. The number of hydrogen-bond donors (Lipinski definition) is 0. The molecule has 0 spiro atoms. The molecule has 1 heterocycles. The Hall–Kier alpha value is -1.95. The number of hydrogen-bond acceptors (Lipinski definition) is 1. The molecule has 128 valence electrons. The maximum absolute atomic E-state index is 12.0. The van der Waals surface area contributed by atoms with Gasteiger partial charge in [0.25, 0.3) is 0 Å². The van der Waals surface area contributed by atoms with E-state index >= 15 is 0 Å². The van der Waals surface area contributed by atoms with Crippen LogP contribution in [0.3, 0.4) is 0 Å². The number of carbonyl (C=O) groups is 1. The van der Waals surface area contributed by atoms with E-state index in [1.165, 1.54) is 0 Å². The number of halogens is 6. The molecule has 0 radical (unpaired) electrons. The summed E-state index contributed by atoms with van der Waals surface area (Å²) >= 11 is 0. The number of nitrogens with zero attached hydrogens (tertiary/aromatic N) is 1. The summed E-state index contributed by atoms with van der Waals surface area (Å²) in [5.74, 6) is 0.155. The van der Waals surface area contributed by atoms with E-state index in [9.17, 15) is 30.0 Å². The molecule has 0 aliphatic heterocycles. The maximum atomic E-state index is 12.0. The first-order valence-electron chi connectivity index (χ1n) is 6.30. The summed E-state index contributed by atoms with van der Waals surface area (Å²) in [6, 6.07) is 15.3. The van der Waals surface area contributed by atoms with Crippen LogP contribution in [-0.2, 0) is 13.5 Å². The van der Waals surface area contributed by atoms with Gasteiger partial charge in [0.2, 0.25) is 0 Å². The van der Waals surface area contributed by atoms with Crippen LogP contribution in [0.2, 0.25) is 0 Å². The molecule has 0 unspecified atom stereocenters. The molecule has 2 aromatic rings. The molecule has 0 bridgehead atoms. The fraction of sp³-hybridized carbons (Fsp3) is 0.143. The van der Waals surface area contributed by atoms with Crippen molar-refractivity contribution in [3.05, 3.63) is 66.0 Å². The van der Waals surface area contributed by atoms with E-state index in [1.54, 1.807) is 0 Å². The van der Waals surface area contributed by atoms with Gasteiger partial charge in [0.1, 0.15) is 7.05 Å². The molecular weight excluding hydrogens is 343 g/mol. The molecule has 9 heteroatoms. The summed E-state index contributed by atoms with van der Waals surface area (Å²) < 4.78 is 61.2. The SMILES string of the molecule is C[n+]1ccccc1CC(=O)c1ccccc1.F[P-](F)(F)(F)(F)F. The fourth-order valence-corrected chi connectivity index (χ4v) is 1.63. The summed E-state index contributed by atoms with van der Waals surface area (Å²) in [6.45, 7) is 0. The molecule has 0 amide bonds. The number of pyridine rings is 1. The Morgan fingerprint density at radius 3 is 1.87 bits per heavy atom. The van der Waals surface area contributed by atoms with E-state index in [0.717, 1.165) is 11.3 Å². The second-order valence-corrected chi connectivity index (χ2v) is 6.64. The van der Waals surface area contributed by atoms with Gasteiger partial charge >= 0.3 is 33.0 Å². The normalized spacial score (nSPS) is 14.0. The fourth-order valence-electron chi connectivity index (χ4n) is 1.63. The van der Waals surface area contributed by atoms with Crippen molar-refractivity contribution in [1.82, 2.24) is 0 Å². The molecule has 0 saturated heterocycles. The van der Waals surface area contributed by atoms with E-state index in [1.807, 2.05) is 66.3 Å². The van der Waals surface area contributed by atoms with Gasteiger partial charge in [-0.3, -0.25) is 4.79 Å². The molecule has 1 aromatic heterocycles. The number of rotatable bonds is 3. The van der Waals surface area contributed by atoms with E-state index in [-0.39, 0.29) is 5.78 Å². The van der Waals surface area contributed by atoms with Gasteiger partial charge in [0.15, 0.2) is 17.7 Å². The predicted octanol–water partition coefficient (Wildman–Crippen LogP) is 5.32. The van der Waals surface area contributed by atoms with Crippen LogP contribution in [0.5, 0.6) is 0 Å². The van der Waals surface area contributed by atoms with E-state index in [2.05, 4.69) is 0 Å². The summed E-state index contributed by atoms with van der Waals surface area (Å²) in [4.78, 5) is 12.0. The average Bonchev–Trinajstić information content (AvgIpc) is 2.39. The Kier molecular flexibility index (Phi) is 4.92. The molecule has 0 aliphatic carbocycles. The number of ketones is 1. The molecule has 0 fully saturated rings. The Bertz CT molecular complexity index is 674. The quantitative estimate of drug-likeness (QED) is 0.315. The standard InChI is InChI=1S/C14H14NO.F6P/c1-15-10-6-5-9-13(15)11-14(16)12-7-3-2-4-8-12;1-7(2,3,4,5)6/h2-10H,11H2,1H3;/q+1;-1. The van der Waals surface area contributed by atoms with Gasteiger partial charge < -0.3 is 0 Å². The van der Waals surface area contributed by atoms with Crippen molar-refractivity contribution >= 4 is 13.6 Å². The molecule has 2 rings (SSSR count). The molecular formula is C14H14F6NOP. The van der Waals surface area contributed by atoms with Gasteiger partial charge in [-0.2, -0.15) is 0 Å². The number of benzene rings is 1. The monoisotopic (exact) mass is 357 g/mol. The summed E-state index contributed by atoms with van der Waals surface area (Å²) in [6.07, 6.45) is 2.40. The van der Waals surface area contributed by atoms with Gasteiger partial charge in [-0.15, -0.1) is 0 Å². The molecule has 0 atom stereocenters. The zero-order valence-electron chi connectivity index (χ0n) is 12.0. The van der Waals surface area contributed by atoms with Crippen LogP contribution in [0.25, 0.3) is 0 Å². The predicted molar refractivity (Wildman–Crippen MR) is 75.7 cm³/mol. The molecule has 0 saturated carbocycles. The Balaban J connectivity index is 0.000000322. The van der Waals surface area contributed by atoms with Crippen molar-refractivity contribution < 1.29 is 34.5 Å². The number of aromatic nitrogens is 1. The van der Waals surface area contributed by atoms with E-state index < -0.39 is 7.81 Å². The second-order valence-electron chi connectivity index (χ2n) is 4.73. The van der Waals surface area contributed by atoms with E-state index in [4.69, 9.17) is 0 Å². The van der Waals surface area contributed by atoms with Crippen LogP contribution >= 0.6 is 7.81 Å². The van der Waals surface area contributed by atoms with Crippen molar-refractivity contribution in [1.29, 1.82) is 0 Å². The van der Waals surface area contributed by atoms with Crippen LogP contribution in [0.15, 0.2) is 54.7 Å². The van der Waals surface area contributed by atoms with Gasteiger partial charge in [-0.25, -0.2) is 4.57 Å². The minimum absolute atomic E-state index is 0.155. The zero-order valence-corrected chi connectivity index (χ0v) is 12.9. The minimum atomic E-state index is -10.7. The summed E-state index contributed by atoms with van der Waals surface area (Å²) in [7, 11) is -8.71. The van der Waals surface area contributed by atoms with Crippen LogP contribution in [0, 0.1) is 0 Å². The van der Waals surface area contributed by atoms with Crippen molar-refractivity contribution in [3.63, 3.8) is 0 Å². The topological polar surface area (TPSA) is 20.9 Å². The van der Waals surface area contributed by atoms with Crippen LogP contribution < -0.4 is 4.57 Å². The number of aryl methyl sites for hydroxylation is 1. The summed E-state index contributed by atoms with van der Waals surface area (Å²) in [5, 5.41) is 0. The first-order valence-corrected chi connectivity index (χ1v) is 8.33. The van der Waals surface area contributed by atoms with Gasteiger partial charge in [-0.05, 0) is 0 Å². The van der Waals surface area contributed by atoms with Crippen molar-refractivity contribution in [3.8, 4) is 0 Å². The van der Waals surface area contributed by atoms with Gasteiger partial charge in [-0.1, -0.05) is 36.4 Å². The van der Waals surface area contributed by atoms with Crippen LogP contribution in [0.1, 0.15) is 16.1 Å². The number of Topliss-reactive ketones (excluding diaryl/α,β-unsaturated/α-hetero) is 1. The third kappa shape index (κ3) is 10.4. The Morgan fingerprint density at radius 2 is 1.39 bits per heavy atom. The second kappa shape index (κ2) is 5.92. The average molecular weight is 357 g/mol. The van der Waals surface area contributed by atoms with Crippen LogP contribution in [-0.4, -0.2) is 5.78 Å². The Morgan fingerprint density at radius 1 is 0.913 bits per heavy atom. The molecule has 1 aromatic carbocycles. The van der Waals surface area contributed by atoms with E-state index in [0.29, 0.717) is 6.42 Å². The first kappa shape index (κ1) is 19.1. The molecule has 2 nitrogen and oxygen atoms in total. The van der Waals surface area contributed by atoms with Crippen molar-refractivity contribution in [2.45, 2.75) is 6.42 Å². The van der Waals surface area contributed by atoms with Gasteiger partial charge in [0.05, 0.1) is 6.42 Å². The van der Waals surface area contributed by atoms with Crippen LogP contribution in [0.4, 0.5) is 25.2 Å². The zero-order chi connectivity index (χ0) is 17.8. The molecule has 23 heavy (non-hydrogen) atoms. The summed E-state index contributed by atoms with van der Waals surface area (Å²) in [5.41, 5.74) is 1.79. The van der Waals surface area contributed by atoms with Crippen molar-refractivity contribution in [2.75, 3.05) is 0 Å². The number of carbonyl (C=O) groups excluding carboxylic acids is 1. The third-order valence-electron chi connectivity index (χ3n) is 2.60. The van der Waals surface area contributed by atoms with Gasteiger partial charge in [0, 0.05) is 17.7 Å².